The van der Waals surface area contributed by atoms with Crippen LogP contribution in [-0.4, -0.2) is 39.7 Å². The molecule has 6 nitrogen and oxygen atoms in total. The molecule has 27 heavy (non-hydrogen) atoms. The van der Waals surface area contributed by atoms with E-state index in [4.69, 9.17) is 0 Å². The number of urea groups is 1. The molecule has 0 bridgehead atoms. The summed E-state index contributed by atoms with van der Waals surface area (Å²) >= 11 is 0. The zero-order valence-electron chi connectivity index (χ0n) is 15.5. The Hall–Kier alpha value is -3.15. The van der Waals surface area contributed by atoms with Gasteiger partial charge in [-0.15, -0.1) is 0 Å². The maximum Gasteiger partial charge on any atom is 0.325 e. The first-order valence-electron chi connectivity index (χ1n) is 8.86. The van der Waals surface area contributed by atoms with Crippen molar-refractivity contribution in [3.05, 3.63) is 71.8 Å². The van der Waals surface area contributed by atoms with Crippen molar-refractivity contribution in [1.29, 1.82) is 0 Å². The van der Waals surface area contributed by atoms with Gasteiger partial charge in [0.15, 0.2) is 0 Å². The number of imide groups is 1. The number of nitrogens with one attached hydrogen (secondary N) is 1. The minimum atomic E-state index is -0.985. The van der Waals surface area contributed by atoms with Gasteiger partial charge >= 0.3 is 6.03 Å². The minimum Gasteiger partial charge on any atom is -0.332 e. The van der Waals surface area contributed by atoms with E-state index in [1.807, 2.05) is 60.7 Å². The molecule has 0 spiro atoms. The van der Waals surface area contributed by atoms with Crippen LogP contribution in [0.5, 0.6) is 0 Å². The highest BCUT2D eigenvalue weighted by Crippen LogP contribution is 2.18. The van der Waals surface area contributed by atoms with Gasteiger partial charge in [-0.05, 0) is 25.0 Å². The Labute approximate surface area is 158 Å². The summed E-state index contributed by atoms with van der Waals surface area (Å²) in [6.07, 6.45) is 0. The van der Waals surface area contributed by atoms with Crippen molar-refractivity contribution < 1.29 is 14.4 Å². The van der Waals surface area contributed by atoms with E-state index < -0.39 is 11.6 Å². The van der Waals surface area contributed by atoms with Gasteiger partial charge in [-0.3, -0.25) is 14.5 Å². The molecule has 1 fully saturated rings. The molecule has 0 saturated carbocycles. The third-order valence-electron chi connectivity index (χ3n) is 4.52. The van der Waals surface area contributed by atoms with Crippen molar-refractivity contribution in [3.8, 4) is 0 Å². The summed E-state index contributed by atoms with van der Waals surface area (Å²) in [4.78, 5) is 40.1. The van der Waals surface area contributed by atoms with Crippen molar-refractivity contribution in [2.24, 2.45) is 0 Å². The van der Waals surface area contributed by atoms with Gasteiger partial charge in [0.05, 0.1) is 0 Å². The molecule has 140 valence electrons. The van der Waals surface area contributed by atoms with E-state index in [2.05, 4.69) is 5.32 Å². The second-order valence-electron chi connectivity index (χ2n) is 7.17. The van der Waals surface area contributed by atoms with E-state index in [1.165, 1.54) is 0 Å². The van der Waals surface area contributed by atoms with Crippen LogP contribution in [0, 0.1) is 0 Å². The number of benzene rings is 2. The molecule has 2 aromatic carbocycles. The number of hydrogen-bond acceptors (Lipinski definition) is 3. The van der Waals surface area contributed by atoms with Gasteiger partial charge in [-0.2, -0.15) is 0 Å². The molecule has 0 aliphatic carbocycles. The molecule has 0 atom stereocenters. The van der Waals surface area contributed by atoms with E-state index in [-0.39, 0.29) is 18.4 Å². The third-order valence-corrected chi connectivity index (χ3v) is 4.52. The zero-order chi connectivity index (χ0) is 19.4. The molecule has 0 radical (unpaired) electrons. The molecule has 3 rings (SSSR count). The number of nitrogens with zero attached hydrogens (tertiary/aromatic N) is 2. The van der Waals surface area contributed by atoms with Crippen LogP contribution in [0.15, 0.2) is 60.7 Å². The fraction of sp³-hybridized carbons (Fsp3) is 0.286. The molecule has 6 heteroatoms. The Morgan fingerprint density at radius 1 is 0.926 bits per heavy atom. The third kappa shape index (κ3) is 4.34. The van der Waals surface area contributed by atoms with Crippen molar-refractivity contribution in [3.63, 3.8) is 0 Å². The second-order valence-corrected chi connectivity index (χ2v) is 7.17. The van der Waals surface area contributed by atoms with Crippen LogP contribution < -0.4 is 5.32 Å². The van der Waals surface area contributed by atoms with Crippen LogP contribution in [0.2, 0.25) is 0 Å². The maximum atomic E-state index is 13.0. The summed E-state index contributed by atoms with van der Waals surface area (Å²) in [6, 6.07) is 18.8. The largest absolute Gasteiger partial charge is 0.332 e. The average molecular weight is 365 g/mol. The van der Waals surface area contributed by atoms with Crippen LogP contribution in [0.1, 0.15) is 25.0 Å². The first-order valence-corrected chi connectivity index (χ1v) is 8.86. The van der Waals surface area contributed by atoms with E-state index in [0.29, 0.717) is 13.1 Å². The van der Waals surface area contributed by atoms with Crippen molar-refractivity contribution in [1.82, 2.24) is 15.1 Å². The zero-order valence-corrected chi connectivity index (χ0v) is 15.5. The first kappa shape index (κ1) is 18.6. The first-order chi connectivity index (χ1) is 12.9. The van der Waals surface area contributed by atoms with Crippen molar-refractivity contribution in [2.45, 2.75) is 32.5 Å². The van der Waals surface area contributed by atoms with Crippen LogP contribution in [0.25, 0.3) is 0 Å². The summed E-state index contributed by atoms with van der Waals surface area (Å²) in [7, 11) is 0. The SMILES string of the molecule is CC1(C)NC(=O)N(CC(=O)N(Cc2ccccc2)Cc2ccccc2)C1=O. The summed E-state index contributed by atoms with van der Waals surface area (Å²) in [5, 5.41) is 2.60. The van der Waals surface area contributed by atoms with E-state index in [1.54, 1.807) is 18.7 Å². The predicted molar refractivity (Wildman–Crippen MR) is 101 cm³/mol. The van der Waals surface area contributed by atoms with E-state index >= 15 is 0 Å². The number of hydrogen-bond donors (Lipinski definition) is 1. The molecular formula is C21H23N3O3. The molecular weight excluding hydrogens is 342 g/mol. The number of rotatable bonds is 6. The standard InChI is InChI=1S/C21H23N3O3/c1-21(2)19(26)24(20(27)22-21)15-18(25)23(13-16-9-5-3-6-10-16)14-17-11-7-4-8-12-17/h3-12H,13-15H2,1-2H3,(H,22,27). The second kappa shape index (κ2) is 7.61. The van der Waals surface area contributed by atoms with E-state index in [0.717, 1.165) is 16.0 Å². The van der Waals surface area contributed by atoms with Gasteiger partial charge < -0.3 is 10.2 Å². The summed E-state index contributed by atoms with van der Waals surface area (Å²) in [6.45, 7) is 3.80. The molecule has 0 unspecified atom stereocenters. The van der Waals surface area contributed by atoms with Gasteiger partial charge in [0.2, 0.25) is 5.91 Å². The van der Waals surface area contributed by atoms with Gasteiger partial charge in [0.25, 0.3) is 5.91 Å². The Morgan fingerprint density at radius 3 is 1.81 bits per heavy atom. The highest BCUT2D eigenvalue weighted by molar-refractivity contribution is 6.08. The predicted octanol–water partition coefficient (Wildman–Crippen LogP) is 2.55. The van der Waals surface area contributed by atoms with Crippen LogP contribution in [0.3, 0.4) is 0 Å². The minimum absolute atomic E-state index is 0.270. The lowest BCUT2D eigenvalue weighted by atomic mass is 10.1. The lowest BCUT2D eigenvalue weighted by molar-refractivity contribution is -0.139. The van der Waals surface area contributed by atoms with Crippen molar-refractivity contribution in [2.75, 3.05) is 6.54 Å². The lowest BCUT2D eigenvalue weighted by Crippen LogP contribution is -2.44. The molecule has 1 aliphatic rings. The smallest absolute Gasteiger partial charge is 0.325 e. The van der Waals surface area contributed by atoms with Gasteiger partial charge in [0.1, 0.15) is 12.1 Å². The Bertz CT molecular complexity index is 793. The number of amides is 4. The van der Waals surface area contributed by atoms with Crippen LogP contribution in [0.4, 0.5) is 4.79 Å². The number of carbonyl (C=O) groups is 3. The summed E-state index contributed by atoms with van der Waals surface area (Å²) < 4.78 is 0. The van der Waals surface area contributed by atoms with Crippen LogP contribution in [-0.2, 0) is 22.7 Å². The topological polar surface area (TPSA) is 69.7 Å². The molecule has 2 aromatic rings. The highest BCUT2D eigenvalue weighted by Gasteiger charge is 2.45. The molecule has 1 saturated heterocycles. The molecule has 1 heterocycles. The number of carbonyl (C=O) groups excluding carboxylic acids is 3. The lowest BCUT2D eigenvalue weighted by Gasteiger charge is -2.25. The van der Waals surface area contributed by atoms with Crippen molar-refractivity contribution >= 4 is 17.8 Å². The quantitative estimate of drug-likeness (QED) is 0.800. The molecule has 1 N–H and O–H groups in total. The Kier molecular flexibility index (Phi) is 5.26. The Morgan fingerprint density at radius 2 is 1.41 bits per heavy atom. The Balaban J connectivity index is 1.78. The summed E-state index contributed by atoms with van der Waals surface area (Å²) in [5.41, 5.74) is 0.986. The highest BCUT2D eigenvalue weighted by atomic mass is 16.2. The molecule has 1 aliphatic heterocycles. The monoisotopic (exact) mass is 365 g/mol. The molecule has 0 aromatic heterocycles. The fourth-order valence-electron chi connectivity index (χ4n) is 3.04. The molecule has 4 amide bonds. The summed E-state index contributed by atoms with van der Waals surface area (Å²) in [5.74, 6) is -0.663. The van der Waals surface area contributed by atoms with Gasteiger partial charge in [-0.25, -0.2) is 4.79 Å². The van der Waals surface area contributed by atoms with E-state index in [9.17, 15) is 14.4 Å². The average Bonchev–Trinajstić information content (AvgIpc) is 2.84. The normalized spacial score (nSPS) is 15.6. The van der Waals surface area contributed by atoms with Gasteiger partial charge in [0, 0.05) is 13.1 Å². The fourth-order valence-corrected chi connectivity index (χ4v) is 3.04. The maximum absolute atomic E-state index is 13.0. The van der Waals surface area contributed by atoms with Gasteiger partial charge in [-0.1, -0.05) is 60.7 Å². The van der Waals surface area contributed by atoms with Crippen LogP contribution >= 0.6 is 0 Å².